The second kappa shape index (κ2) is 5.05. The van der Waals surface area contributed by atoms with E-state index in [1.165, 1.54) is 38.0 Å². The Kier molecular flexibility index (Phi) is 4.00. The molecule has 0 aromatic carbocycles. The molecular weight excluding hydrogens is 160 g/mol. The van der Waals surface area contributed by atoms with E-state index in [0.717, 1.165) is 5.71 Å². The fourth-order valence-corrected chi connectivity index (χ4v) is 1.55. The number of nitrogens with zero attached hydrogens (tertiary/aromatic N) is 2. The topological polar surface area (TPSA) is 15.6 Å². The maximum absolute atomic E-state index is 4.31. The van der Waals surface area contributed by atoms with Gasteiger partial charge in [0, 0.05) is 30.7 Å². The predicted octanol–water partition coefficient (Wildman–Crippen LogP) is 2.81. The van der Waals surface area contributed by atoms with Gasteiger partial charge in [-0.2, -0.15) is 0 Å². The van der Waals surface area contributed by atoms with E-state index in [1.54, 1.807) is 0 Å². The summed E-state index contributed by atoms with van der Waals surface area (Å²) in [4.78, 5) is 6.74. The van der Waals surface area contributed by atoms with Crippen molar-refractivity contribution in [2.24, 2.45) is 4.99 Å². The van der Waals surface area contributed by atoms with Gasteiger partial charge in [0.25, 0.3) is 0 Å². The Balaban J connectivity index is 2.49. The van der Waals surface area contributed by atoms with Crippen LogP contribution in [0.15, 0.2) is 16.9 Å². The van der Waals surface area contributed by atoms with Crippen LogP contribution in [0.4, 0.5) is 0 Å². The third-order valence-electron chi connectivity index (χ3n) is 2.36. The summed E-state index contributed by atoms with van der Waals surface area (Å²) in [6.07, 6.45) is 6.04. The van der Waals surface area contributed by atoms with Gasteiger partial charge in [0.2, 0.25) is 0 Å². The van der Waals surface area contributed by atoms with Crippen molar-refractivity contribution in [2.45, 2.75) is 40.0 Å². The molecular formula is C11H20N2. The second-order valence-electron chi connectivity index (χ2n) is 3.89. The summed E-state index contributed by atoms with van der Waals surface area (Å²) in [6, 6.07) is 0. The van der Waals surface area contributed by atoms with E-state index in [0.29, 0.717) is 0 Å². The van der Waals surface area contributed by atoms with Crippen LogP contribution in [0, 0.1) is 0 Å². The van der Waals surface area contributed by atoms with Crippen molar-refractivity contribution in [1.82, 2.24) is 4.90 Å². The van der Waals surface area contributed by atoms with Crippen LogP contribution in [-0.2, 0) is 0 Å². The van der Waals surface area contributed by atoms with Crippen molar-refractivity contribution in [3.8, 4) is 0 Å². The summed E-state index contributed by atoms with van der Waals surface area (Å²) in [5.74, 6) is 0. The van der Waals surface area contributed by atoms with Crippen LogP contribution in [0.25, 0.3) is 0 Å². The van der Waals surface area contributed by atoms with Gasteiger partial charge in [-0.3, -0.25) is 4.99 Å². The summed E-state index contributed by atoms with van der Waals surface area (Å²) >= 11 is 0. The van der Waals surface area contributed by atoms with E-state index >= 15 is 0 Å². The Morgan fingerprint density at radius 1 is 1.08 bits per heavy atom. The van der Waals surface area contributed by atoms with Crippen molar-refractivity contribution in [3.63, 3.8) is 0 Å². The predicted molar refractivity (Wildman–Crippen MR) is 58.0 cm³/mol. The molecule has 74 valence electrons. The molecule has 2 nitrogen and oxygen atoms in total. The van der Waals surface area contributed by atoms with Crippen molar-refractivity contribution in [1.29, 1.82) is 0 Å². The van der Waals surface area contributed by atoms with Gasteiger partial charge < -0.3 is 4.90 Å². The molecule has 1 saturated heterocycles. The molecule has 2 heteroatoms. The summed E-state index contributed by atoms with van der Waals surface area (Å²) in [7, 11) is 0. The summed E-state index contributed by atoms with van der Waals surface area (Å²) in [5.41, 5.74) is 2.43. The van der Waals surface area contributed by atoms with Crippen molar-refractivity contribution < 1.29 is 0 Å². The van der Waals surface area contributed by atoms with Gasteiger partial charge >= 0.3 is 0 Å². The number of piperidine rings is 1. The molecule has 0 radical (unpaired) electrons. The van der Waals surface area contributed by atoms with E-state index in [1.807, 2.05) is 20.0 Å². The van der Waals surface area contributed by atoms with Crippen LogP contribution in [0.1, 0.15) is 40.0 Å². The Bertz CT molecular complexity index is 206. The highest BCUT2D eigenvalue weighted by Gasteiger charge is 2.09. The largest absolute Gasteiger partial charge is 0.374 e. The zero-order valence-corrected chi connectivity index (χ0v) is 9.01. The zero-order chi connectivity index (χ0) is 9.68. The van der Waals surface area contributed by atoms with E-state index in [-0.39, 0.29) is 0 Å². The van der Waals surface area contributed by atoms with Gasteiger partial charge in [-0.25, -0.2) is 0 Å². The van der Waals surface area contributed by atoms with Crippen LogP contribution >= 0.6 is 0 Å². The van der Waals surface area contributed by atoms with Crippen LogP contribution in [0.3, 0.4) is 0 Å². The molecule has 1 rings (SSSR count). The summed E-state index contributed by atoms with van der Waals surface area (Å²) in [5, 5.41) is 0. The molecule has 0 aromatic rings. The Morgan fingerprint density at radius 2 is 1.69 bits per heavy atom. The van der Waals surface area contributed by atoms with Gasteiger partial charge in [0.1, 0.15) is 0 Å². The molecule has 1 aliphatic rings. The molecule has 0 saturated carbocycles. The number of rotatable bonds is 2. The van der Waals surface area contributed by atoms with Crippen molar-refractivity contribution in [2.75, 3.05) is 13.1 Å². The average Bonchev–Trinajstić information content (AvgIpc) is 2.15. The lowest BCUT2D eigenvalue weighted by molar-refractivity contribution is 0.285. The molecule has 1 aliphatic heterocycles. The highest BCUT2D eigenvalue weighted by Crippen LogP contribution is 2.13. The first-order chi connectivity index (χ1) is 6.20. The fourth-order valence-electron chi connectivity index (χ4n) is 1.55. The van der Waals surface area contributed by atoms with Crippen molar-refractivity contribution >= 4 is 5.71 Å². The van der Waals surface area contributed by atoms with Crippen LogP contribution in [-0.4, -0.2) is 23.7 Å². The maximum atomic E-state index is 4.31. The molecule has 0 unspecified atom stereocenters. The van der Waals surface area contributed by atoms with Gasteiger partial charge in [0.05, 0.1) is 0 Å². The quantitative estimate of drug-likeness (QED) is 0.597. The first-order valence-electron chi connectivity index (χ1n) is 5.13. The van der Waals surface area contributed by atoms with E-state index in [4.69, 9.17) is 0 Å². The van der Waals surface area contributed by atoms with Crippen LogP contribution < -0.4 is 0 Å². The Hall–Kier alpha value is -0.790. The maximum Gasteiger partial charge on any atom is 0.0455 e. The first-order valence-corrected chi connectivity index (χ1v) is 5.13. The smallest absolute Gasteiger partial charge is 0.0455 e. The zero-order valence-electron chi connectivity index (χ0n) is 9.01. The molecule has 0 N–H and O–H groups in total. The Labute approximate surface area is 81.3 Å². The fraction of sp³-hybridized carbons (Fsp3) is 0.727. The molecule has 1 heterocycles. The molecule has 0 atom stereocenters. The molecule has 1 fully saturated rings. The standard InChI is InChI=1S/C11H20N2/c1-10(2)12-9-11(3)13-7-5-4-6-8-13/h9H,4-8H2,1-3H3. The highest BCUT2D eigenvalue weighted by atomic mass is 15.1. The van der Waals surface area contributed by atoms with Gasteiger partial charge in [-0.1, -0.05) is 0 Å². The normalized spacial score (nSPS) is 18.7. The SMILES string of the molecule is CC(=CN=C(C)C)N1CCCCC1. The van der Waals surface area contributed by atoms with Crippen LogP contribution in [0.5, 0.6) is 0 Å². The minimum Gasteiger partial charge on any atom is -0.374 e. The summed E-state index contributed by atoms with van der Waals surface area (Å²) in [6.45, 7) is 8.62. The van der Waals surface area contributed by atoms with Crippen LogP contribution in [0.2, 0.25) is 0 Å². The molecule has 0 bridgehead atoms. The number of aliphatic imine (C=N–C) groups is 1. The molecule has 0 amide bonds. The number of allylic oxidation sites excluding steroid dienone is 1. The number of likely N-dealkylation sites (tertiary alicyclic amines) is 1. The lowest BCUT2D eigenvalue weighted by Crippen LogP contribution is -2.27. The minimum atomic E-state index is 1.12. The van der Waals surface area contributed by atoms with Gasteiger partial charge in [-0.15, -0.1) is 0 Å². The second-order valence-corrected chi connectivity index (χ2v) is 3.89. The summed E-state index contributed by atoms with van der Waals surface area (Å²) < 4.78 is 0. The lowest BCUT2D eigenvalue weighted by atomic mass is 10.1. The first kappa shape index (κ1) is 10.3. The number of hydrogen-bond acceptors (Lipinski definition) is 2. The average molecular weight is 180 g/mol. The van der Waals surface area contributed by atoms with Gasteiger partial charge in [0.15, 0.2) is 0 Å². The minimum absolute atomic E-state index is 1.12. The third kappa shape index (κ3) is 3.62. The monoisotopic (exact) mass is 180 g/mol. The highest BCUT2D eigenvalue weighted by molar-refractivity contribution is 5.79. The lowest BCUT2D eigenvalue weighted by Gasteiger charge is -2.28. The van der Waals surface area contributed by atoms with E-state index in [2.05, 4.69) is 16.8 Å². The molecule has 0 spiro atoms. The van der Waals surface area contributed by atoms with Crippen molar-refractivity contribution in [3.05, 3.63) is 11.9 Å². The molecule has 0 aliphatic carbocycles. The third-order valence-corrected chi connectivity index (χ3v) is 2.36. The molecule has 13 heavy (non-hydrogen) atoms. The van der Waals surface area contributed by atoms with Gasteiger partial charge in [-0.05, 0) is 40.0 Å². The Morgan fingerprint density at radius 3 is 2.23 bits per heavy atom. The van der Waals surface area contributed by atoms with E-state index in [9.17, 15) is 0 Å². The van der Waals surface area contributed by atoms with E-state index < -0.39 is 0 Å². The number of hydrogen-bond donors (Lipinski definition) is 0. The molecule has 0 aromatic heterocycles.